The van der Waals surface area contributed by atoms with Gasteiger partial charge in [-0.2, -0.15) is 0 Å². The molecule has 0 heterocycles. The van der Waals surface area contributed by atoms with Crippen LogP contribution in [0.4, 0.5) is 0 Å². The Kier molecular flexibility index (Phi) is 4.47. The Balaban J connectivity index is 2.71. The number of carbonyl (C=O) groups is 1. The molecule has 0 aromatic heterocycles. The molecule has 0 saturated heterocycles. The molecule has 0 radical (unpaired) electrons. The van der Waals surface area contributed by atoms with E-state index in [4.69, 9.17) is 10.2 Å². The van der Waals surface area contributed by atoms with E-state index in [1.807, 2.05) is 0 Å². The molecule has 0 unspecified atom stereocenters. The highest BCUT2D eigenvalue weighted by molar-refractivity contribution is 5.86. The molecule has 5 nitrogen and oxygen atoms in total. The molecule has 0 saturated carbocycles. The first kappa shape index (κ1) is 12.2. The zero-order chi connectivity index (χ0) is 12.0. The van der Waals surface area contributed by atoms with E-state index in [0.29, 0.717) is 0 Å². The van der Waals surface area contributed by atoms with Gasteiger partial charge in [-0.25, -0.2) is 0 Å². The van der Waals surface area contributed by atoms with Crippen LogP contribution in [0.2, 0.25) is 0 Å². The largest absolute Gasteiger partial charge is 0.508 e. The van der Waals surface area contributed by atoms with Crippen LogP contribution < -0.4 is 5.32 Å². The SMILES string of the molecule is CNC(=O)[C@H](CO)N=Cc1ccc(O)cc1. The summed E-state index contributed by atoms with van der Waals surface area (Å²) in [5, 5.41) is 20.4. The number of aliphatic imine (C=N–C) groups is 1. The van der Waals surface area contributed by atoms with Gasteiger partial charge in [-0.1, -0.05) is 0 Å². The van der Waals surface area contributed by atoms with Crippen LogP contribution in [-0.4, -0.2) is 42.0 Å². The Bertz CT molecular complexity index is 373. The number of carbonyl (C=O) groups excluding carboxylic acids is 1. The van der Waals surface area contributed by atoms with Crippen LogP contribution in [0, 0.1) is 0 Å². The third-order valence-corrected chi connectivity index (χ3v) is 2.02. The molecule has 86 valence electrons. The summed E-state index contributed by atoms with van der Waals surface area (Å²) in [6.07, 6.45) is 1.48. The number of likely N-dealkylation sites (N-methyl/N-ethyl adjacent to an activating group) is 1. The number of nitrogens with zero attached hydrogens (tertiary/aromatic N) is 1. The maximum atomic E-state index is 11.2. The van der Waals surface area contributed by atoms with Gasteiger partial charge in [0.2, 0.25) is 5.91 Å². The topological polar surface area (TPSA) is 81.9 Å². The molecule has 0 spiro atoms. The maximum Gasteiger partial charge on any atom is 0.246 e. The van der Waals surface area contributed by atoms with Crippen molar-refractivity contribution in [1.29, 1.82) is 0 Å². The van der Waals surface area contributed by atoms with Gasteiger partial charge in [0.15, 0.2) is 6.04 Å². The molecular formula is C11H14N2O3. The lowest BCUT2D eigenvalue weighted by atomic mass is 10.2. The molecule has 5 heteroatoms. The molecule has 0 aliphatic rings. The minimum atomic E-state index is -0.793. The molecule has 1 aromatic rings. The van der Waals surface area contributed by atoms with Gasteiger partial charge in [0.25, 0.3) is 0 Å². The summed E-state index contributed by atoms with van der Waals surface area (Å²) in [7, 11) is 1.49. The number of aromatic hydroxyl groups is 1. The van der Waals surface area contributed by atoms with Crippen molar-refractivity contribution in [3.63, 3.8) is 0 Å². The number of amides is 1. The minimum absolute atomic E-state index is 0.169. The van der Waals surface area contributed by atoms with Crippen molar-refractivity contribution in [2.24, 2.45) is 4.99 Å². The zero-order valence-corrected chi connectivity index (χ0v) is 8.92. The summed E-state index contributed by atoms with van der Waals surface area (Å²) in [5.41, 5.74) is 0.750. The average Bonchev–Trinajstić information content (AvgIpc) is 2.31. The van der Waals surface area contributed by atoms with E-state index in [0.717, 1.165) is 5.56 Å². The number of benzene rings is 1. The van der Waals surface area contributed by atoms with Crippen molar-refractivity contribution in [2.45, 2.75) is 6.04 Å². The monoisotopic (exact) mass is 222 g/mol. The number of aliphatic hydroxyl groups is 1. The lowest BCUT2D eigenvalue weighted by Crippen LogP contribution is -2.33. The molecule has 0 fully saturated rings. The van der Waals surface area contributed by atoms with E-state index < -0.39 is 6.04 Å². The summed E-state index contributed by atoms with van der Waals surface area (Å²) in [6.45, 7) is -0.339. The highest BCUT2D eigenvalue weighted by Gasteiger charge is 2.12. The Hall–Kier alpha value is -1.88. The molecule has 0 aliphatic heterocycles. The second kappa shape index (κ2) is 5.87. The molecular weight excluding hydrogens is 208 g/mol. The first-order valence-electron chi connectivity index (χ1n) is 4.82. The highest BCUT2D eigenvalue weighted by Crippen LogP contribution is 2.08. The number of aliphatic hydroxyl groups excluding tert-OH is 1. The van der Waals surface area contributed by atoms with E-state index in [-0.39, 0.29) is 18.3 Å². The number of phenolic OH excluding ortho intramolecular Hbond substituents is 1. The van der Waals surface area contributed by atoms with E-state index in [2.05, 4.69) is 10.3 Å². The fourth-order valence-corrected chi connectivity index (χ4v) is 1.10. The van der Waals surface area contributed by atoms with E-state index in [1.54, 1.807) is 12.1 Å². The minimum Gasteiger partial charge on any atom is -0.508 e. The van der Waals surface area contributed by atoms with Crippen LogP contribution in [0.5, 0.6) is 5.75 Å². The molecule has 0 aliphatic carbocycles. The number of nitrogens with one attached hydrogen (secondary N) is 1. The molecule has 1 atom stereocenters. The summed E-state index contributed by atoms with van der Waals surface area (Å²) >= 11 is 0. The van der Waals surface area contributed by atoms with Crippen LogP contribution in [0.15, 0.2) is 29.3 Å². The summed E-state index contributed by atoms with van der Waals surface area (Å²) in [6, 6.07) is 5.58. The number of hydrogen-bond acceptors (Lipinski definition) is 4. The van der Waals surface area contributed by atoms with Gasteiger partial charge < -0.3 is 15.5 Å². The van der Waals surface area contributed by atoms with Gasteiger partial charge in [0.1, 0.15) is 5.75 Å². The summed E-state index contributed by atoms with van der Waals surface area (Å²) in [4.78, 5) is 15.1. The van der Waals surface area contributed by atoms with E-state index in [9.17, 15) is 4.79 Å². The average molecular weight is 222 g/mol. The van der Waals surface area contributed by atoms with Gasteiger partial charge >= 0.3 is 0 Å². The highest BCUT2D eigenvalue weighted by atomic mass is 16.3. The molecule has 16 heavy (non-hydrogen) atoms. The van der Waals surface area contributed by atoms with E-state index >= 15 is 0 Å². The molecule has 1 amide bonds. The van der Waals surface area contributed by atoms with Crippen LogP contribution >= 0.6 is 0 Å². The van der Waals surface area contributed by atoms with Gasteiger partial charge in [0, 0.05) is 13.3 Å². The molecule has 0 bridgehead atoms. The normalized spacial score (nSPS) is 12.6. The van der Waals surface area contributed by atoms with Crippen LogP contribution in [0.25, 0.3) is 0 Å². The van der Waals surface area contributed by atoms with Gasteiger partial charge in [-0.3, -0.25) is 9.79 Å². The van der Waals surface area contributed by atoms with Crippen molar-refractivity contribution in [3.8, 4) is 5.75 Å². The molecule has 1 aromatic carbocycles. The lowest BCUT2D eigenvalue weighted by Gasteiger charge is -2.06. The third-order valence-electron chi connectivity index (χ3n) is 2.02. The second-order valence-electron chi connectivity index (χ2n) is 3.18. The Morgan fingerprint density at radius 3 is 2.62 bits per heavy atom. The van der Waals surface area contributed by atoms with Crippen LogP contribution in [-0.2, 0) is 4.79 Å². The summed E-state index contributed by atoms with van der Waals surface area (Å²) < 4.78 is 0. The Labute approximate surface area is 93.5 Å². The van der Waals surface area contributed by atoms with Crippen molar-refractivity contribution >= 4 is 12.1 Å². The van der Waals surface area contributed by atoms with Crippen molar-refractivity contribution < 1.29 is 15.0 Å². The van der Waals surface area contributed by atoms with Crippen molar-refractivity contribution in [2.75, 3.05) is 13.7 Å². The maximum absolute atomic E-state index is 11.2. The third kappa shape index (κ3) is 3.36. The Morgan fingerprint density at radius 1 is 1.50 bits per heavy atom. The fourth-order valence-electron chi connectivity index (χ4n) is 1.10. The van der Waals surface area contributed by atoms with Crippen LogP contribution in [0.3, 0.4) is 0 Å². The predicted molar refractivity (Wildman–Crippen MR) is 60.6 cm³/mol. The Morgan fingerprint density at radius 2 is 2.12 bits per heavy atom. The fraction of sp³-hybridized carbons (Fsp3) is 0.273. The van der Waals surface area contributed by atoms with Crippen molar-refractivity contribution in [1.82, 2.24) is 5.32 Å². The number of hydrogen-bond donors (Lipinski definition) is 3. The van der Waals surface area contributed by atoms with Gasteiger partial charge in [-0.05, 0) is 29.8 Å². The van der Waals surface area contributed by atoms with Gasteiger partial charge in [0.05, 0.1) is 6.61 Å². The lowest BCUT2D eigenvalue weighted by molar-refractivity contribution is -0.122. The zero-order valence-electron chi connectivity index (χ0n) is 8.92. The van der Waals surface area contributed by atoms with E-state index in [1.165, 1.54) is 25.4 Å². The predicted octanol–water partition coefficient (Wildman–Crippen LogP) is -0.0820. The molecule has 1 rings (SSSR count). The quantitative estimate of drug-likeness (QED) is 0.623. The number of phenols is 1. The second-order valence-corrected chi connectivity index (χ2v) is 3.18. The standard InChI is InChI=1S/C11H14N2O3/c1-12-11(16)10(7-14)13-6-8-2-4-9(15)5-3-8/h2-6,10,14-15H,7H2,1H3,(H,12,16)/t10-/m0/s1. The molecule has 3 N–H and O–H groups in total. The number of rotatable bonds is 4. The smallest absolute Gasteiger partial charge is 0.246 e. The first-order chi connectivity index (χ1) is 7.67. The van der Waals surface area contributed by atoms with Gasteiger partial charge in [-0.15, -0.1) is 0 Å². The van der Waals surface area contributed by atoms with Crippen molar-refractivity contribution in [3.05, 3.63) is 29.8 Å². The summed E-state index contributed by atoms with van der Waals surface area (Å²) in [5.74, 6) is -0.167. The first-order valence-corrected chi connectivity index (χ1v) is 4.82. The van der Waals surface area contributed by atoms with Crippen LogP contribution in [0.1, 0.15) is 5.56 Å².